The zero-order chi connectivity index (χ0) is 14.8. The van der Waals surface area contributed by atoms with Crippen LogP contribution in [0.25, 0.3) is 0 Å². The third-order valence-electron chi connectivity index (χ3n) is 3.89. The smallest absolute Gasteiger partial charge is 0.141 e. The van der Waals surface area contributed by atoms with Gasteiger partial charge in [-0.2, -0.15) is 0 Å². The van der Waals surface area contributed by atoms with Gasteiger partial charge in [-0.25, -0.2) is 0 Å². The lowest BCUT2D eigenvalue weighted by Crippen LogP contribution is -2.23. The summed E-state index contributed by atoms with van der Waals surface area (Å²) in [5, 5.41) is 1.17. The maximum absolute atomic E-state index is 6.27. The van der Waals surface area contributed by atoms with E-state index in [9.17, 15) is 0 Å². The number of rotatable bonds is 5. The summed E-state index contributed by atoms with van der Waals surface area (Å²) in [7, 11) is 0. The number of hydrogen-bond donors (Lipinski definition) is 1. The average molecular weight is 322 g/mol. The molecular weight excluding hydrogens is 305 g/mol. The molecule has 2 aromatic carbocycles. The van der Waals surface area contributed by atoms with Gasteiger partial charge >= 0.3 is 0 Å². The molecule has 4 heteroatoms. The number of benzene rings is 2. The van der Waals surface area contributed by atoms with Gasteiger partial charge in [0.05, 0.1) is 11.6 Å². The van der Waals surface area contributed by atoms with E-state index in [0.717, 1.165) is 17.7 Å². The molecule has 0 fully saturated rings. The lowest BCUT2D eigenvalue weighted by atomic mass is 9.78. The molecule has 21 heavy (non-hydrogen) atoms. The van der Waals surface area contributed by atoms with Crippen molar-refractivity contribution in [2.75, 3.05) is 13.2 Å². The maximum Gasteiger partial charge on any atom is 0.141 e. The summed E-state index contributed by atoms with van der Waals surface area (Å²) in [6.45, 7) is 1.18. The number of fused-ring (bicyclic) bond motifs is 1. The van der Waals surface area contributed by atoms with E-state index in [-0.39, 0.29) is 0 Å². The number of hydrogen-bond acceptors (Lipinski definition) is 2. The molecule has 110 valence electrons. The molecule has 0 saturated carbocycles. The molecule has 0 spiro atoms. The lowest BCUT2D eigenvalue weighted by Gasteiger charge is -2.30. The van der Waals surface area contributed by atoms with Gasteiger partial charge in [0.25, 0.3) is 0 Å². The molecule has 0 radical (unpaired) electrons. The third kappa shape index (κ3) is 3.03. The standard InChI is InChI=1S/C17H17Cl2NO/c18-14-8-12(5-6-20)17(16(19)9-14)21-10-13-7-11-3-1-2-4-15(11)13/h1-4,8-9,13H,5-7,10,20H2. The molecule has 2 aromatic rings. The van der Waals surface area contributed by atoms with Gasteiger partial charge in [0.15, 0.2) is 0 Å². The van der Waals surface area contributed by atoms with Gasteiger partial charge in [-0.15, -0.1) is 0 Å². The molecule has 0 heterocycles. The van der Waals surface area contributed by atoms with Gasteiger partial charge in [0.2, 0.25) is 0 Å². The van der Waals surface area contributed by atoms with Gasteiger partial charge in [0.1, 0.15) is 5.75 Å². The minimum absolute atomic E-state index is 0.443. The highest BCUT2D eigenvalue weighted by molar-refractivity contribution is 6.35. The fourth-order valence-electron chi connectivity index (χ4n) is 2.81. The first-order chi connectivity index (χ1) is 10.2. The van der Waals surface area contributed by atoms with E-state index in [1.54, 1.807) is 6.07 Å². The van der Waals surface area contributed by atoms with E-state index in [2.05, 4.69) is 24.3 Å². The summed E-state index contributed by atoms with van der Waals surface area (Å²) in [6, 6.07) is 12.1. The summed E-state index contributed by atoms with van der Waals surface area (Å²) < 4.78 is 5.99. The Kier molecular flexibility index (Phi) is 4.39. The largest absolute Gasteiger partial charge is 0.491 e. The summed E-state index contributed by atoms with van der Waals surface area (Å²) >= 11 is 12.3. The van der Waals surface area contributed by atoms with Crippen LogP contribution in [0.5, 0.6) is 5.75 Å². The van der Waals surface area contributed by atoms with Crippen molar-refractivity contribution >= 4 is 23.2 Å². The Morgan fingerprint density at radius 2 is 2.00 bits per heavy atom. The van der Waals surface area contributed by atoms with Crippen LogP contribution in [0.1, 0.15) is 22.6 Å². The van der Waals surface area contributed by atoms with Crippen molar-refractivity contribution in [3.05, 3.63) is 63.1 Å². The van der Waals surface area contributed by atoms with Crippen molar-refractivity contribution < 1.29 is 4.74 Å². The van der Waals surface area contributed by atoms with Gasteiger partial charge in [-0.05, 0) is 48.2 Å². The predicted molar refractivity (Wildman–Crippen MR) is 87.6 cm³/mol. The number of halogens is 2. The van der Waals surface area contributed by atoms with Gasteiger partial charge in [0, 0.05) is 10.9 Å². The van der Waals surface area contributed by atoms with Crippen molar-refractivity contribution in [1.29, 1.82) is 0 Å². The van der Waals surface area contributed by atoms with Crippen LogP contribution in [-0.4, -0.2) is 13.2 Å². The van der Waals surface area contributed by atoms with Crippen LogP contribution in [0, 0.1) is 0 Å². The molecule has 0 aliphatic heterocycles. The molecule has 1 aliphatic rings. The molecule has 0 aromatic heterocycles. The SMILES string of the molecule is NCCc1cc(Cl)cc(Cl)c1OCC1Cc2ccccc21. The zero-order valence-electron chi connectivity index (χ0n) is 11.6. The van der Waals surface area contributed by atoms with Gasteiger partial charge in [-0.1, -0.05) is 47.5 Å². The Hall–Kier alpha value is -1.22. The third-order valence-corrected chi connectivity index (χ3v) is 4.39. The maximum atomic E-state index is 6.27. The Bertz CT molecular complexity index is 657. The average Bonchev–Trinajstić information content (AvgIpc) is 2.42. The first-order valence-electron chi connectivity index (χ1n) is 7.07. The normalized spacial score (nSPS) is 16.2. The summed E-state index contributed by atoms with van der Waals surface area (Å²) in [6.07, 6.45) is 1.77. The minimum Gasteiger partial charge on any atom is -0.491 e. The van der Waals surface area contributed by atoms with Gasteiger partial charge < -0.3 is 10.5 Å². The molecule has 0 saturated heterocycles. The first-order valence-corrected chi connectivity index (χ1v) is 7.83. The molecule has 1 unspecified atom stereocenters. The first kappa shape index (κ1) is 14.7. The van der Waals surface area contributed by atoms with E-state index in [4.69, 9.17) is 33.7 Å². The highest BCUT2D eigenvalue weighted by atomic mass is 35.5. The van der Waals surface area contributed by atoms with Gasteiger partial charge in [-0.3, -0.25) is 0 Å². The van der Waals surface area contributed by atoms with Crippen LogP contribution >= 0.6 is 23.2 Å². The van der Waals surface area contributed by atoms with E-state index in [1.807, 2.05) is 6.07 Å². The monoisotopic (exact) mass is 321 g/mol. The highest BCUT2D eigenvalue weighted by Gasteiger charge is 2.26. The second-order valence-corrected chi connectivity index (χ2v) is 6.17. The van der Waals surface area contributed by atoms with E-state index >= 15 is 0 Å². The van der Waals surface area contributed by atoms with E-state index in [0.29, 0.717) is 35.5 Å². The second kappa shape index (κ2) is 6.27. The van der Waals surface area contributed by atoms with Crippen molar-refractivity contribution in [3.63, 3.8) is 0 Å². The van der Waals surface area contributed by atoms with E-state index < -0.39 is 0 Å². The summed E-state index contributed by atoms with van der Waals surface area (Å²) in [4.78, 5) is 0. The molecule has 2 nitrogen and oxygen atoms in total. The zero-order valence-corrected chi connectivity index (χ0v) is 13.1. The predicted octanol–water partition coefficient (Wildman–Crippen LogP) is 4.21. The Labute approximate surface area is 134 Å². The van der Waals surface area contributed by atoms with Crippen LogP contribution in [0.3, 0.4) is 0 Å². The lowest BCUT2D eigenvalue weighted by molar-refractivity contribution is 0.273. The Morgan fingerprint density at radius 1 is 1.19 bits per heavy atom. The van der Waals surface area contributed by atoms with Crippen LogP contribution in [0.4, 0.5) is 0 Å². The number of ether oxygens (including phenoxy) is 1. The van der Waals surface area contributed by atoms with Crippen molar-refractivity contribution in [3.8, 4) is 5.75 Å². The molecule has 0 amide bonds. The molecule has 1 atom stereocenters. The highest BCUT2D eigenvalue weighted by Crippen LogP contribution is 2.37. The van der Waals surface area contributed by atoms with Crippen LogP contribution < -0.4 is 10.5 Å². The summed E-state index contributed by atoms with van der Waals surface area (Å²) in [5.74, 6) is 1.16. The van der Waals surface area contributed by atoms with Crippen LogP contribution in [0.15, 0.2) is 36.4 Å². The molecule has 3 rings (SSSR count). The fraction of sp³-hybridized carbons (Fsp3) is 0.294. The fourth-order valence-corrected chi connectivity index (χ4v) is 3.40. The number of nitrogens with two attached hydrogens (primary N) is 1. The minimum atomic E-state index is 0.443. The summed E-state index contributed by atoms with van der Waals surface area (Å²) in [5.41, 5.74) is 9.41. The topological polar surface area (TPSA) is 35.2 Å². The van der Waals surface area contributed by atoms with Crippen molar-refractivity contribution in [2.24, 2.45) is 5.73 Å². The Morgan fingerprint density at radius 3 is 2.76 bits per heavy atom. The molecular formula is C17H17Cl2NO. The Balaban J connectivity index is 1.74. The van der Waals surface area contributed by atoms with Crippen LogP contribution in [-0.2, 0) is 12.8 Å². The quantitative estimate of drug-likeness (QED) is 0.895. The van der Waals surface area contributed by atoms with E-state index in [1.165, 1.54) is 11.1 Å². The van der Waals surface area contributed by atoms with Crippen molar-refractivity contribution in [2.45, 2.75) is 18.8 Å². The molecule has 1 aliphatic carbocycles. The van der Waals surface area contributed by atoms with Crippen molar-refractivity contribution in [1.82, 2.24) is 0 Å². The molecule has 2 N–H and O–H groups in total. The second-order valence-electron chi connectivity index (χ2n) is 5.33. The van der Waals surface area contributed by atoms with Crippen LogP contribution in [0.2, 0.25) is 10.0 Å². The molecule has 0 bridgehead atoms.